The maximum absolute atomic E-state index is 5.80. The molecule has 1 nitrogen and oxygen atoms in total. The van der Waals surface area contributed by atoms with Gasteiger partial charge in [-0.3, -0.25) is 0 Å². The van der Waals surface area contributed by atoms with Crippen LogP contribution in [0.2, 0.25) is 10.0 Å². The topological polar surface area (TPSA) is 9.23 Å². The van der Waals surface area contributed by atoms with Gasteiger partial charge in [0.1, 0.15) is 17.4 Å². The number of ether oxygens (including phenoxy) is 1. The zero-order valence-corrected chi connectivity index (χ0v) is 7.49. The lowest BCUT2D eigenvalue weighted by atomic mass is 10.3. The second kappa shape index (κ2) is 3.84. The van der Waals surface area contributed by atoms with Crippen molar-refractivity contribution >= 4 is 23.2 Å². The predicted octanol–water partition coefficient (Wildman–Crippen LogP) is 3.55. The molecule has 0 N–H and O–H groups in total. The van der Waals surface area contributed by atoms with Crippen LogP contribution in [0.15, 0.2) is 18.2 Å². The van der Waals surface area contributed by atoms with E-state index in [1.807, 2.05) is 0 Å². The highest BCUT2D eigenvalue weighted by Crippen LogP contribution is 2.31. The molecule has 1 aromatic carbocycles. The highest BCUT2D eigenvalue weighted by atomic mass is 35.5. The lowest BCUT2D eigenvalue weighted by Crippen LogP contribution is -1.85. The molecule has 0 fully saturated rings. The molecule has 3 heteroatoms. The van der Waals surface area contributed by atoms with Crippen LogP contribution in [-0.2, 0) is 0 Å². The summed E-state index contributed by atoms with van der Waals surface area (Å²) in [6, 6.07) is 5.26. The highest BCUT2D eigenvalue weighted by Gasteiger charge is 2.03. The first kappa shape index (κ1) is 8.69. The molecule has 59 valence electrons. The fourth-order valence-electron chi connectivity index (χ4n) is 0.702. The SMILES string of the molecule is C[CH]Oc1cccc(Cl)c1Cl. The maximum atomic E-state index is 5.80. The molecule has 0 saturated carbocycles. The van der Waals surface area contributed by atoms with E-state index in [1.54, 1.807) is 31.7 Å². The molecule has 1 rings (SSSR count). The Labute approximate surface area is 75.9 Å². The van der Waals surface area contributed by atoms with Gasteiger partial charge in [-0.05, 0) is 19.1 Å². The van der Waals surface area contributed by atoms with E-state index in [9.17, 15) is 0 Å². The molecule has 0 amide bonds. The zero-order valence-electron chi connectivity index (χ0n) is 5.97. The van der Waals surface area contributed by atoms with Gasteiger partial charge < -0.3 is 4.74 Å². The fraction of sp³-hybridized carbons (Fsp3) is 0.125. The Balaban J connectivity index is 2.96. The zero-order chi connectivity index (χ0) is 8.27. The summed E-state index contributed by atoms with van der Waals surface area (Å²) in [7, 11) is 0. The largest absolute Gasteiger partial charge is 0.485 e. The third-order valence-corrected chi connectivity index (χ3v) is 1.96. The van der Waals surface area contributed by atoms with Crippen LogP contribution in [0.4, 0.5) is 0 Å². The van der Waals surface area contributed by atoms with Gasteiger partial charge in [-0.15, -0.1) is 0 Å². The van der Waals surface area contributed by atoms with Crippen LogP contribution in [0.1, 0.15) is 6.92 Å². The second-order valence-corrected chi connectivity index (χ2v) is 2.69. The smallest absolute Gasteiger partial charge is 0.140 e. The minimum Gasteiger partial charge on any atom is -0.485 e. The van der Waals surface area contributed by atoms with Crippen molar-refractivity contribution in [2.45, 2.75) is 6.92 Å². The maximum Gasteiger partial charge on any atom is 0.140 e. The van der Waals surface area contributed by atoms with E-state index in [0.717, 1.165) is 0 Å². The highest BCUT2D eigenvalue weighted by molar-refractivity contribution is 6.42. The number of rotatable bonds is 2. The minimum atomic E-state index is 0.451. The van der Waals surface area contributed by atoms with Gasteiger partial charge in [-0.2, -0.15) is 0 Å². The summed E-state index contributed by atoms with van der Waals surface area (Å²) in [4.78, 5) is 0. The van der Waals surface area contributed by atoms with E-state index in [1.165, 1.54) is 0 Å². The standard InChI is InChI=1S/C8H7Cl2O/c1-2-11-7-5-3-4-6(9)8(7)10/h2-5H,1H3. The predicted molar refractivity (Wildman–Crippen MR) is 47.1 cm³/mol. The molecule has 0 heterocycles. The average Bonchev–Trinajstić information content (AvgIpc) is 1.99. The summed E-state index contributed by atoms with van der Waals surface area (Å²) in [5.74, 6) is 0.585. The van der Waals surface area contributed by atoms with Gasteiger partial charge in [0.25, 0.3) is 0 Å². The summed E-state index contributed by atoms with van der Waals surface area (Å²) in [6.07, 6.45) is 0. The van der Waals surface area contributed by atoms with Crippen LogP contribution in [0.3, 0.4) is 0 Å². The molecule has 0 aliphatic heterocycles. The molecule has 1 radical (unpaired) electrons. The molecule has 0 spiro atoms. The Morgan fingerprint density at radius 1 is 1.36 bits per heavy atom. The Morgan fingerprint density at radius 3 is 2.73 bits per heavy atom. The Hall–Kier alpha value is -0.400. The molecule has 0 aromatic heterocycles. The molecular weight excluding hydrogens is 183 g/mol. The minimum absolute atomic E-state index is 0.451. The van der Waals surface area contributed by atoms with Crippen molar-refractivity contribution in [3.05, 3.63) is 34.9 Å². The van der Waals surface area contributed by atoms with E-state index in [-0.39, 0.29) is 0 Å². The Kier molecular flexibility index (Phi) is 3.03. The molecule has 0 unspecified atom stereocenters. The summed E-state index contributed by atoms with van der Waals surface area (Å²) >= 11 is 11.5. The number of hydrogen-bond donors (Lipinski definition) is 0. The van der Waals surface area contributed by atoms with Gasteiger partial charge in [-0.1, -0.05) is 29.3 Å². The Bertz CT molecular complexity index is 248. The summed E-state index contributed by atoms with van der Waals surface area (Å²) in [5, 5.41) is 0.957. The first-order valence-corrected chi connectivity index (χ1v) is 3.90. The summed E-state index contributed by atoms with van der Waals surface area (Å²) < 4.78 is 5.08. The molecule has 11 heavy (non-hydrogen) atoms. The number of hydrogen-bond acceptors (Lipinski definition) is 1. The van der Waals surface area contributed by atoms with Crippen LogP contribution in [0.5, 0.6) is 5.75 Å². The van der Waals surface area contributed by atoms with E-state index >= 15 is 0 Å². The van der Waals surface area contributed by atoms with Gasteiger partial charge in [0.15, 0.2) is 0 Å². The van der Waals surface area contributed by atoms with Gasteiger partial charge in [0, 0.05) is 0 Å². The van der Waals surface area contributed by atoms with Crippen molar-refractivity contribution < 1.29 is 4.74 Å². The third kappa shape index (κ3) is 2.01. The molecule has 0 bridgehead atoms. The van der Waals surface area contributed by atoms with Gasteiger partial charge in [0.2, 0.25) is 0 Å². The van der Waals surface area contributed by atoms with E-state index in [0.29, 0.717) is 15.8 Å². The van der Waals surface area contributed by atoms with Crippen LogP contribution >= 0.6 is 23.2 Å². The number of benzene rings is 1. The van der Waals surface area contributed by atoms with Gasteiger partial charge in [0.05, 0.1) is 5.02 Å². The van der Waals surface area contributed by atoms with Crippen LogP contribution < -0.4 is 4.74 Å². The van der Waals surface area contributed by atoms with Crippen LogP contribution in [-0.4, -0.2) is 0 Å². The lowest BCUT2D eigenvalue weighted by molar-refractivity contribution is 0.417. The fourth-order valence-corrected chi connectivity index (χ4v) is 1.04. The first-order chi connectivity index (χ1) is 5.25. The second-order valence-electron chi connectivity index (χ2n) is 1.91. The van der Waals surface area contributed by atoms with Crippen LogP contribution in [0, 0.1) is 6.61 Å². The number of halogens is 2. The monoisotopic (exact) mass is 189 g/mol. The van der Waals surface area contributed by atoms with Gasteiger partial charge in [-0.25, -0.2) is 0 Å². The van der Waals surface area contributed by atoms with Crippen molar-refractivity contribution in [1.82, 2.24) is 0 Å². The van der Waals surface area contributed by atoms with Gasteiger partial charge >= 0.3 is 0 Å². The van der Waals surface area contributed by atoms with Crippen molar-refractivity contribution in [2.75, 3.05) is 0 Å². The molecule has 0 atom stereocenters. The van der Waals surface area contributed by atoms with E-state index in [4.69, 9.17) is 27.9 Å². The van der Waals surface area contributed by atoms with E-state index in [2.05, 4.69) is 0 Å². The van der Waals surface area contributed by atoms with Crippen molar-refractivity contribution in [3.63, 3.8) is 0 Å². The summed E-state index contributed by atoms with van der Waals surface area (Å²) in [6.45, 7) is 3.33. The lowest BCUT2D eigenvalue weighted by Gasteiger charge is -2.04. The molecular formula is C8H7Cl2O. The third-order valence-electron chi connectivity index (χ3n) is 1.16. The average molecular weight is 190 g/mol. The van der Waals surface area contributed by atoms with Crippen LogP contribution in [0.25, 0.3) is 0 Å². The molecule has 0 aliphatic rings. The van der Waals surface area contributed by atoms with E-state index < -0.39 is 0 Å². The molecule has 1 aromatic rings. The quantitative estimate of drug-likeness (QED) is 0.692. The Morgan fingerprint density at radius 2 is 2.09 bits per heavy atom. The normalized spacial score (nSPS) is 9.73. The van der Waals surface area contributed by atoms with Crippen molar-refractivity contribution in [1.29, 1.82) is 0 Å². The van der Waals surface area contributed by atoms with Crippen molar-refractivity contribution in [2.24, 2.45) is 0 Å². The summed E-state index contributed by atoms with van der Waals surface area (Å²) in [5.41, 5.74) is 0. The van der Waals surface area contributed by atoms with Crippen molar-refractivity contribution in [3.8, 4) is 5.75 Å². The first-order valence-electron chi connectivity index (χ1n) is 3.14. The molecule has 0 aliphatic carbocycles. The molecule has 0 saturated heterocycles.